The van der Waals surface area contributed by atoms with E-state index in [4.69, 9.17) is 34.0 Å². The highest BCUT2D eigenvalue weighted by Gasteiger charge is 2.41. The molecule has 0 amide bonds. The number of carbonyl (C=O) groups is 1. The summed E-state index contributed by atoms with van der Waals surface area (Å²) < 4.78 is 0. The summed E-state index contributed by atoms with van der Waals surface area (Å²) in [5, 5.41) is 9.04. The molecule has 96 valence electrons. The Kier molecular flexibility index (Phi) is 4.41. The Morgan fingerprint density at radius 2 is 2.24 bits per heavy atom. The number of carboxylic acids is 1. The molecule has 1 unspecified atom stereocenters. The minimum absolute atomic E-state index is 0.0489. The Balaban J connectivity index is 2.91. The van der Waals surface area contributed by atoms with Crippen LogP contribution in [0.2, 0.25) is 0 Å². The fourth-order valence-electron chi connectivity index (χ4n) is 1.29. The minimum Gasteiger partial charge on any atom is -0.480 e. The first kappa shape index (κ1) is 14.3. The van der Waals surface area contributed by atoms with Crippen molar-refractivity contribution in [2.24, 2.45) is 5.73 Å². The third-order valence-electron chi connectivity index (χ3n) is 2.52. The second-order valence-corrected chi connectivity index (χ2v) is 5.36. The average Bonchev–Trinajstić information content (AvgIpc) is 2.65. The standard InChI is InChI=1S/C10H15Cl2N3O2/c1-5(2)6-4-14-7(15-6)3-10(13,8(11)12)9(16)17/h4-5,8H,3,13H2,1-2H3,(H,14,15)(H,16,17). The summed E-state index contributed by atoms with van der Waals surface area (Å²) in [6, 6.07) is 0. The van der Waals surface area contributed by atoms with Crippen molar-refractivity contribution in [3.63, 3.8) is 0 Å². The Hall–Kier alpha value is -0.780. The molecule has 17 heavy (non-hydrogen) atoms. The number of nitrogens with zero attached hydrogens (tertiary/aromatic N) is 1. The van der Waals surface area contributed by atoms with Crippen LogP contribution in [0.4, 0.5) is 0 Å². The van der Waals surface area contributed by atoms with Gasteiger partial charge in [-0.3, -0.25) is 4.79 Å². The zero-order valence-electron chi connectivity index (χ0n) is 9.58. The van der Waals surface area contributed by atoms with Crippen LogP contribution < -0.4 is 5.73 Å². The first-order chi connectivity index (χ1) is 7.77. The van der Waals surface area contributed by atoms with Crippen molar-refractivity contribution < 1.29 is 9.90 Å². The van der Waals surface area contributed by atoms with Crippen molar-refractivity contribution in [1.82, 2.24) is 9.97 Å². The summed E-state index contributed by atoms with van der Waals surface area (Å²) in [5.74, 6) is -0.518. The van der Waals surface area contributed by atoms with Crippen molar-refractivity contribution >= 4 is 29.2 Å². The van der Waals surface area contributed by atoms with Gasteiger partial charge in [-0.25, -0.2) is 4.98 Å². The number of nitrogens with two attached hydrogens (primary N) is 1. The molecule has 0 aromatic carbocycles. The maximum atomic E-state index is 11.1. The number of nitrogens with one attached hydrogen (secondary N) is 1. The van der Waals surface area contributed by atoms with E-state index in [9.17, 15) is 4.79 Å². The van der Waals surface area contributed by atoms with Gasteiger partial charge in [-0.15, -0.1) is 23.2 Å². The number of aromatic amines is 1. The summed E-state index contributed by atoms with van der Waals surface area (Å²) >= 11 is 11.2. The molecule has 0 aliphatic heterocycles. The second kappa shape index (κ2) is 5.25. The lowest BCUT2D eigenvalue weighted by Crippen LogP contribution is -2.55. The number of rotatable bonds is 5. The maximum Gasteiger partial charge on any atom is 0.326 e. The molecule has 0 bridgehead atoms. The number of aliphatic carboxylic acids is 1. The number of aromatic nitrogens is 2. The Morgan fingerprint density at radius 3 is 2.59 bits per heavy atom. The lowest BCUT2D eigenvalue weighted by atomic mass is 9.99. The highest BCUT2D eigenvalue weighted by Crippen LogP contribution is 2.23. The monoisotopic (exact) mass is 279 g/mol. The first-order valence-corrected chi connectivity index (χ1v) is 5.99. The molecular weight excluding hydrogens is 265 g/mol. The van der Waals surface area contributed by atoms with Crippen LogP contribution in [0.5, 0.6) is 0 Å². The lowest BCUT2D eigenvalue weighted by Gasteiger charge is -2.24. The van der Waals surface area contributed by atoms with E-state index in [1.807, 2.05) is 13.8 Å². The number of hydrogen-bond acceptors (Lipinski definition) is 3. The fraction of sp³-hybridized carbons (Fsp3) is 0.600. The van der Waals surface area contributed by atoms with Crippen LogP contribution >= 0.6 is 23.2 Å². The molecule has 0 fully saturated rings. The summed E-state index contributed by atoms with van der Waals surface area (Å²) in [6.45, 7) is 3.99. The van der Waals surface area contributed by atoms with Gasteiger partial charge in [-0.05, 0) is 5.92 Å². The van der Waals surface area contributed by atoms with Gasteiger partial charge in [-0.2, -0.15) is 0 Å². The molecule has 1 rings (SSSR count). The van der Waals surface area contributed by atoms with E-state index in [1.165, 1.54) is 0 Å². The number of imidazole rings is 1. The molecule has 0 saturated heterocycles. The van der Waals surface area contributed by atoms with Crippen LogP contribution in [-0.2, 0) is 11.2 Å². The predicted octanol–water partition coefficient (Wildman–Crippen LogP) is 1.66. The van der Waals surface area contributed by atoms with Crippen molar-refractivity contribution in [2.45, 2.75) is 36.6 Å². The van der Waals surface area contributed by atoms with Gasteiger partial charge in [0.2, 0.25) is 0 Å². The normalized spacial score (nSPS) is 15.2. The average molecular weight is 280 g/mol. The molecule has 1 aromatic heterocycles. The fourth-order valence-corrected chi connectivity index (χ4v) is 1.63. The number of halogens is 2. The molecule has 1 atom stereocenters. The van der Waals surface area contributed by atoms with Crippen LogP contribution in [0.3, 0.4) is 0 Å². The summed E-state index contributed by atoms with van der Waals surface area (Å²) in [7, 11) is 0. The smallest absolute Gasteiger partial charge is 0.326 e. The van der Waals surface area contributed by atoms with Crippen LogP contribution in [0.1, 0.15) is 31.3 Å². The van der Waals surface area contributed by atoms with Crippen LogP contribution in [0.15, 0.2) is 6.20 Å². The summed E-state index contributed by atoms with van der Waals surface area (Å²) in [6.07, 6.45) is 1.60. The second-order valence-electron chi connectivity index (χ2n) is 4.26. The molecule has 0 saturated carbocycles. The summed E-state index contributed by atoms with van der Waals surface area (Å²) in [4.78, 5) is 16.9. The number of H-pyrrole nitrogens is 1. The van der Waals surface area contributed by atoms with E-state index in [1.54, 1.807) is 6.20 Å². The molecule has 0 aliphatic carbocycles. The van der Waals surface area contributed by atoms with Gasteiger partial charge >= 0.3 is 5.97 Å². The Bertz CT molecular complexity index is 406. The van der Waals surface area contributed by atoms with E-state index in [-0.39, 0.29) is 12.3 Å². The quantitative estimate of drug-likeness (QED) is 0.715. The third kappa shape index (κ3) is 3.12. The Morgan fingerprint density at radius 1 is 1.65 bits per heavy atom. The zero-order valence-corrected chi connectivity index (χ0v) is 11.1. The maximum absolute atomic E-state index is 11.1. The van der Waals surface area contributed by atoms with Crippen LogP contribution in [-0.4, -0.2) is 31.4 Å². The molecule has 5 nitrogen and oxygen atoms in total. The lowest BCUT2D eigenvalue weighted by molar-refractivity contribution is -0.142. The van der Waals surface area contributed by atoms with Crippen molar-refractivity contribution in [3.05, 3.63) is 17.7 Å². The van der Waals surface area contributed by atoms with Gasteiger partial charge in [0.05, 0.1) is 0 Å². The molecule has 0 radical (unpaired) electrons. The predicted molar refractivity (Wildman–Crippen MR) is 66.4 cm³/mol. The van der Waals surface area contributed by atoms with Crippen LogP contribution in [0.25, 0.3) is 0 Å². The Labute approximate surface area is 109 Å². The molecular formula is C10H15Cl2N3O2. The number of hydrogen-bond donors (Lipinski definition) is 3. The zero-order chi connectivity index (χ0) is 13.2. The van der Waals surface area contributed by atoms with Gasteiger partial charge in [0.25, 0.3) is 0 Å². The van der Waals surface area contributed by atoms with Gasteiger partial charge in [0, 0.05) is 18.3 Å². The largest absolute Gasteiger partial charge is 0.480 e. The minimum atomic E-state index is -1.74. The molecule has 1 heterocycles. The first-order valence-electron chi connectivity index (χ1n) is 5.11. The SMILES string of the molecule is CC(C)c1cnc(CC(N)(C(=O)O)C(Cl)Cl)[nH]1. The molecule has 0 aliphatic rings. The highest BCUT2D eigenvalue weighted by atomic mass is 35.5. The van der Waals surface area contributed by atoms with E-state index in [2.05, 4.69) is 9.97 Å². The number of carboxylic acid groups (broad SMARTS) is 1. The number of alkyl halides is 2. The third-order valence-corrected chi connectivity index (χ3v) is 3.30. The molecule has 4 N–H and O–H groups in total. The van der Waals surface area contributed by atoms with Crippen molar-refractivity contribution in [1.29, 1.82) is 0 Å². The molecule has 1 aromatic rings. The van der Waals surface area contributed by atoms with E-state index in [0.29, 0.717) is 5.82 Å². The van der Waals surface area contributed by atoms with E-state index >= 15 is 0 Å². The van der Waals surface area contributed by atoms with E-state index < -0.39 is 16.3 Å². The molecule has 7 heteroatoms. The topological polar surface area (TPSA) is 92.0 Å². The van der Waals surface area contributed by atoms with Crippen LogP contribution in [0, 0.1) is 0 Å². The van der Waals surface area contributed by atoms with Crippen molar-refractivity contribution in [3.8, 4) is 0 Å². The highest BCUT2D eigenvalue weighted by molar-refractivity contribution is 6.46. The van der Waals surface area contributed by atoms with Crippen molar-refractivity contribution in [2.75, 3.05) is 0 Å². The van der Waals surface area contributed by atoms with Gasteiger partial charge in [-0.1, -0.05) is 13.8 Å². The molecule has 0 spiro atoms. The summed E-state index contributed by atoms with van der Waals surface area (Å²) in [5.41, 5.74) is 4.85. The van der Waals surface area contributed by atoms with E-state index in [0.717, 1.165) is 5.69 Å². The van der Waals surface area contributed by atoms with Gasteiger partial charge in [0.15, 0.2) is 5.54 Å². The van der Waals surface area contributed by atoms with Gasteiger partial charge in [0.1, 0.15) is 10.7 Å². The van der Waals surface area contributed by atoms with Gasteiger partial charge < -0.3 is 15.8 Å².